The molecule has 0 aromatic rings. The Labute approximate surface area is 89.2 Å². The van der Waals surface area contributed by atoms with E-state index in [4.69, 9.17) is 10.8 Å². The van der Waals surface area contributed by atoms with Crippen molar-refractivity contribution in [3.05, 3.63) is 0 Å². The summed E-state index contributed by atoms with van der Waals surface area (Å²) in [5.74, 6) is -0.926. The van der Waals surface area contributed by atoms with Gasteiger partial charge in [-0.15, -0.1) is 0 Å². The van der Waals surface area contributed by atoms with Crippen molar-refractivity contribution in [1.29, 1.82) is 0 Å². The van der Waals surface area contributed by atoms with Crippen LogP contribution in [0, 0.1) is 5.92 Å². The molecule has 0 bridgehead atoms. The Hall–Kier alpha value is -1.10. The highest BCUT2D eigenvalue weighted by atomic mass is 16.4. The molecule has 0 spiro atoms. The molecule has 5 heteroatoms. The van der Waals surface area contributed by atoms with Crippen molar-refractivity contribution in [3.63, 3.8) is 0 Å². The summed E-state index contributed by atoms with van der Waals surface area (Å²) in [6.07, 6.45) is 1.04. The molecule has 0 aromatic carbocycles. The van der Waals surface area contributed by atoms with Crippen LogP contribution in [-0.2, 0) is 9.59 Å². The number of amides is 1. The summed E-state index contributed by atoms with van der Waals surface area (Å²) < 4.78 is 0. The Morgan fingerprint density at radius 3 is 2.60 bits per heavy atom. The summed E-state index contributed by atoms with van der Waals surface area (Å²) in [5.41, 5.74) is 5.55. The third kappa shape index (κ3) is 2.68. The molecule has 0 unspecified atom stereocenters. The van der Waals surface area contributed by atoms with E-state index in [1.165, 1.54) is 4.90 Å². The van der Waals surface area contributed by atoms with Gasteiger partial charge in [0, 0.05) is 6.54 Å². The van der Waals surface area contributed by atoms with Gasteiger partial charge in [-0.25, -0.2) is 4.79 Å². The third-order valence-corrected chi connectivity index (χ3v) is 2.64. The lowest BCUT2D eigenvalue weighted by molar-refractivity contribution is -0.149. The average molecular weight is 214 g/mol. The van der Waals surface area contributed by atoms with Gasteiger partial charge < -0.3 is 15.7 Å². The number of carboxylic acid groups (broad SMARTS) is 1. The first-order valence-corrected chi connectivity index (χ1v) is 5.22. The molecule has 1 aliphatic rings. The first-order valence-electron chi connectivity index (χ1n) is 5.22. The zero-order chi connectivity index (χ0) is 11.6. The SMILES string of the molecule is CC(C)C[C@@H](C(=O)O)N1CC[C@@H](N)C1=O. The van der Waals surface area contributed by atoms with Crippen LogP contribution in [0.4, 0.5) is 0 Å². The fraction of sp³-hybridized carbons (Fsp3) is 0.800. The molecule has 15 heavy (non-hydrogen) atoms. The molecule has 2 atom stereocenters. The van der Waals surface area contributed by atoms with Gasteiger partial charge in [-0.2, -0.15) is 0 Å². The van der Waals surface area contributed by atoms with E-state index in [0.29, 0.717) is 19.4 Å². The highest BCUT2D eigenvalue weighted by molar-refractivity contribution is 5.88. The maximum atomic E-state index is 11.6. The molecule has 1 rings (SSSR count). The van der Waals surface area contributed by atoms with Gasteiger partial charge in [-0.1, -0.05) is 13.8 Å². The standard InChI is InChI=1S/C10H18N2O3/c1-6(2)5-8(10(14)15)12-4-3-7(11)9(12)13/h6-8H,3-5,11H2,1-2H3,(H,14,15)/t7-,8+/m1/s1. The summed E-state index contributed by atoms with van der Waals surface area (Å²) in [5, 5.41) is 9.05. The second-order valence-corrected chi connectivity index (χ2v) is 4.41. The van der Waals surface area contributed by atoms with E-state index in [2.05, 4.69) is 0 Å². The molecule has 1 fully saturated rings. The molecule has 5 nitrogen and oxygen atoms in total. The number of likely N-dealkylation sites (tertiary alicyclic amines) is 1. The summed E-state index contributed by atoms with van der Waals surface area (Å²) in [6, 6.07) is -1.23. The fourth-order valence-corrected chi connectivity index (χ4v) is 1.84. The molecule has 86 valence electrons. The number of carbonyl (C=O) groups is 2. The molecule has 0 aromatic heterocycles. The van der Waals surface area contributed by atoms with Crippen LogP contribution in [0.1, 0.15) is 26.7 Å². The normalized spacial score (nSPS) is 23.6. The van der Waals surface area contributed by atoms with Crippen molar-refractivity contribution in [2.45, 2.75) is 38.8 Å². The minimum Gasteiger partial charge on any atom is -0.480 e. The lowest BCUT2D eigenvalue weighted by atomic mass is 10.0. The van der Waals surface area contributed by atoms with Crippen LogP contribution in [0.5, 0.6) is 0 Å². The van der Waals surface area contributed by atoms with Crippen molar-refractivity contribution in [2.24, 2.45) is 11.7 Å². The van der Waals surface area contributed by atoms with Crippen LogP contribution in [0.2, 0.25) is 0 Å². The maximum absolute atomic E-state index is 11.6. The Bertz CT molecular complexity index is 265. The number of rotatable bonds is 4. The van der Waals surface area contributed by atoms with Gasteiger partial charge in [-0.3, -0.25) is 4.79 Å². The number of nitrogens with two attached hydrogens (primary N) is 1. The van der Waals surface area contributed by atoms with E-state index >= 15 is 0 Å². The molecule has 0 radical (unpaired) electrons. The van der Waals surface area contributed by atoms with Crippen molar-refractivity contribution in [2.75, 3.05) is 6.54 Å². The number of hydrogen-bond acceptors (Lipinski definition) is 3. The van der Waals surface area contributed by atoms with Crippen molar-refractivity contribution >= 4 is 11.9 Å². The minimum absolute atomic E-state index is 0.233. The molecular formula is C10H18N2O3. The van der Waals surface area contributed by atoms with Crippen molar-refractivity contribution < 1.29 is 14.7 Å². The van der Waals surface area contributed by atoms with Crippen molar-refractivity contribution in [1.82, 2.24) is 4.90 Å². The van der Waals surface area contributed by atoms with Gasteiger partial charge in [-0.05, 0) is 18.8 Å². The molecule has 1 aliphatic heterocycles. The summed E-state index contributed by atoms with van der Waals surface area (Å²) >= 11 is 0. The second-order valence-electron chi connectivity index (χ2n) is 4.41. The summed E-state index contributed by atoms with van der Waals surface area (Å²) in [7, 11) is 0. The zero-order valence-corrected chi connectivity index (χ0v) is 9.14. The van der Waals surface area contributed by atoms with E-state index in [-0.39, 0.29) is 11.8 Å². The van der Waals surface area contributed by atoms with E-state index in [1.807, 2.05) is 13.8 Å². The number of carboxylic acids is 1. The van der Waals surface area contributed by atoms with Gasteiger partial charge in [0.25, 0.3) is 0 Å². The molecular weight excluding hydrogens is 196 g/mol. The van der Waals surface area contributed by atoms with Gasteiger partial charge in [0.2, 0.25) is 5.91 Å². The zero-order valence-electron chi connectivity index (χ0n) is 9.14. The quantitative estimate of drug-likeness (QED) is 0.692. The smallest absolute Gasteiger partial charge is 0.326 e. The average Bonchev–Trinajstić information content (AvgIpc) is 2.44. The highest BCUT2D eigenvalue weighted by Gasteiger charge is 2.37. The van der Waals surface area contributed by atoms with Gasteiger partial charge >= 0.3 is 5.97 Å². The lowest BCUT2D eigenvalue weighted by Crippen LogP contribution is -2.45. The summed E-state index contributed by atoms with van der Waals surface area (Å²) in [4.78, 5) is 24.0. The van der Waals surface area contributed by atoms with Crippen LogP contribution in [-0.4, -0.2) is 40.5 Å². The third-order valence-electron chi connectivity index (χ3n) is 2.64. The monoisotopic (exact) mass is 214 g/mol. The maximum Gasteiger partial charge on any atom is 0.326 e. The van der Waals surface area contributed by atoms with E-state index in [0.717, 1.165) is 0 Å². The van der Waals surface area contributed by atoms with E-state index < -0.39 is 18.1 Å². The largest absolute Gasteiger partial charge is 0.480 e. The number of aliphatic carboxylic acids is 1. The summed E-state index contributed by atoms with van der Waals surface area (Å²) in [6.45, 7) is 4.34. The molecule has 1 saturated heterocycles. The van der Waals surface area contributed by atoms with Gasteiger partial charge in [0.1, 0.15) is 6.04 Å². The molecule has 1 heterocycles. The lowest BCUT2D eigenvalue weighted by Gasteiger charge is -2.25. The topological polar surface area (TPSA) is 83.6 Å². The Kier molecular flexibility index (Phi) is 3.68. The first-order chi connectivity index (χ1) is 6.93. The first kappa shape index (κ1) is 12.0. The Balaban J connectivity index is 2.72. The molecule has 3 N–H and O–H groups in total. The molecule has 0 aliphatic carbocycles. The fourth-order valence-electron chi connectivity index (χ4n) is 1.84. The van der Waals surface area contributed by atoms with E-state index in [9.17, 15) is 9.59 Å². The second kappa shape index (κ2) is 4.61. The van der Waals surface area contributed by atoms with Gasteiger partial charge in [0.05, 0.1) is 6.04 Å². The van der Waals surface area contributed by atoms with Crippen LogP contribution in [0.25, 0.3) is 0 Å². The van der Waals surface area contributed by atoms with Crippen LogP contribution in [0.15, 0.2) is 0 Å². The Morgan fingerprint density at radius 2 is 2.27 bits per heavy atom. The minimum atomic E-state index is -0.939. The predicted molar refractivity (Wildman–Crippen MR) is 55.2 cm³/mol. The van der Waals surface area contributed by atoms with Crippen molar-refractivity contribution in [3.8, 4) is 0 Å². The number of hydrogen-bond donors (Lipinski definition) is 2. The molecule has 1 amide bonds. The highest BCUT2D eigenvalue weighted by Crippen LogP contribution is 2.18. The number of carbonyl (C=O) groups excluding carboxylic acids is 1. The van der Waals surface area contributed by atoms with Crippen LogP contribution >= 0.6 is 0 Å². The predicted octanol–water partition coefficient (Wildman–Crippen LogP) is 0.0453. The van der Waals surface area contributed by atoms with Crippen LogP contribution < -0.4 is 5.73 Å². The molecule has 0 saturated carbocycles. The Morgan fingerprint density at radius 1 is 1.67 bits per heavy atom. The van der Waals surface area contributed by atoms with E-state index in [1.54, 1.807) is 0 Å². The van der Waals surface area contributed by atoms with Gasteiger partial charge in [0.15, 0.2) is 0 Å². The van der Waals surface area contributed by atoms with Crippen LogP contribution in [0.3, 0.4) is 0 Å². The number of nitrogens with zero attached hydrogens (tertiary/aromatic N) is 1.